The van der Waals surface area contributed by atoms with Crippen molar-refractivity contribution >= 4 is 23.3 Å². The van der Waals surface area contributed by atoms with Crippen LogP contribution < -0.4 is 10.1 Å². The third-order valence-electron chi connectivity index (χ3n) is 4.66. The molecule has 2 heterocycles. The second-order valence-electron chi connectivity index (χ2n) is 6.88. The Morgan fingerprint density at radius 2 is 1.87 bits per heavy atom. The van der Waals surface area contributed by atoms with Crippen LogP contribution in [-0.4, -0.2) is 28.4 Å². The monoisotopic (exact) mass is 417 g/mol. The van der Waals surface area contributed by atoms with Crippen LogP contribution in [-0.2, 0) is 5.75 Å². The average Bonchev–Trinajstić information content (AvgIpc) is 3.20. The third-order valence-corrected chi connectivity index (χ3v) is 5.70. The molecule has 0 aliphatic carbocycles. The van der Waals surface area contributed by atoms with E-state index in [-0.39, 0.29) is 5.91 Å². The summed E-state index contributed by atoms with van der Waals surface area (Å²) in [6.45, 7) is 2.89. The van der Waals surface area contributed by atoms with Crippen LogP contribution in [0.2, 0.25) is 0 Å². The van der Waals surface area contributed by atoms with E-state index in [1.807, 2.05) is 90.4 Å². The number of nitrogens with one attached hydrogen (secondary N) is 1. The van der Waals surface area contributed by atoms with Crippen molar-refractivity contribution in [3.8, 4) is 5.75 Å². The lowest BCUT2D eigenvalue weighted by Gasteiger charge is -2.10. The average molecular weight is 418 g/mol. The number of aryl methyl sites for hydroxylation is 1. The van der Waals surface area contributed by atoms with Gasteiger partial charge < -0.3 is 14.5 Å². The fourth-order valence-corrected chi connectivity index (χ4v) is 3.84. The van der Waals surface area contributed by atoms with Gasteiger partial charge in [-0.25, -0.2) is 4.98 Å². The highest BCUT2D eigenvalue weighted by molar-refractivity contribution is 7.98. The first-order valence-electron chi connectivity index (χ1n) is 9.81. The normalized spacial score (nSPS) is 10.8. The summed E-state index contributed by atoms with van der Waals surface area (Å²) in [6, 6.07) is 21.5. The number of nitrogens with zero attached hydrogens (tertiary/aromatic N) is 2. The number of imidazole rings is 1. The molecule has 2 aromatic carbocycles. The quantitative estimate of drug-likeness (QED) is 0.332. The van der Waals surface area contributed by atoms with Crippen LogP contribution in [0.3, 0.4) is 0 Å². The molecule has 0 fully saturated rings. The van der Waals surface area contributed by atoms with E-state index in [9.17, 15) is 4.79 Å². The maximum absolute atomic E-state index is 12.3. The Labute approximate surface area is 180 Å². The topological polar surface area (TPSA) is 55.6 Å². The molecule has 0 radical (unpaired) electrons. The van der Waals surface area contributed by atoms with Crippen LogP contribution in [0.25, 0.3) is 5.65 Å². The molecule has 0 aliphatic rings. The molecule has 0 aliphatic heterocycles. The van der Waals surface area contributed by atoms with Crippen molar-refractivity contribution in [2.24, 2.45) is 0 Å². The molecular weight excluding hydrogens is 394 g/mol. The van der Waals surface area contributed by atoms with Crippen molar-refractivity contribution in [2.75, 3.05) is 13.2 Å². The number of pyridine rings is 1. The zero-order valence-electron chi connectivity index (χ0n) is 16.7. The van der Waals surface area contributed by atoms with E-state index < -0.39 is 0 Å². The van der Waals surface area contributed by atoms with Gasteiger partial charge in [-0.15, -0.1) is 11.8 Å². The molecule has 152 valence electrons. The predicted molar refractivity (Wildman–Crippen MR) is 120 cm³/mol. The van der Waals surface area contributed by atoms with Crippen molar-refractivity contribution < 1.29 is 9.53 Å². The number of benzene rings is 2. The van der Waals surface area contributed by atoms with Gasteiger partial charge in [-0.2, -0.15) is 0 Å². The Morgan fingerprint density at radius 3 is 2.67 bits per heavy atom. The van der Waals surface area contributed by atoms with Gasteiger partial charge in [-0.05, 0) is 55.0 Å². The highest BCUT2D eigenvalue weighted by atomic mass is 32.2. The number of amides is 1. The maximum Gasteiger partial charge on any atom is 0.251 e. The van der Waals surface area contributed by atoms with E-state index in [1.54, 1.807) is 11.8 Å². The molecule has 4 aromatic rings. The fourth-order valence-electron chi connectivity index (χ4n) is 3.06. The summed E-state index contributed by atoms with van der Waals surface area (Å²) in [5, 5.41) is 2.90. The summed E-state index contributed by atoms with van der Waals surface area (Å²) < 4.78 is 7.73. The Balaban J connectivity index is 1.24. The molecule has 1 amide bonds. The Hall–Kier alpha value is -3.25. The molecule has 30 heavy (non-hydrogen) atoms. The molecular formula is C24H23N3O2S. The lowest BCUT2D eigenvalue weighted by Crippen LogP contribution is -2.28. The summed E-state index contributed by atoms with van der Waals surface area (Å²) in [5.41, 5.74) is 3.71. The first kappa shape index (κ1) is 20.0. The predicted octanol–water partition coefficient (Wildman–Crippen LogP) is 4.74. The summed E-state index contributed by atoms with van der Waals surface area (Å²) in [7, 11) is 0. The van der Waals surface area contributed by atoms with Crippen LogP contribution >= 0.6 is 11.8 Å². The Morgan fingerprint density at radius 1 is 1.07 bits per heavy atom. The van der Waals surface area contributed by atoms with E-state index in [4.69, 9.17) is 4.74 Å². The first-order chi connectivity index (χ1) is 14.7. The van der Waals surface area contributed by atoms with Gasteiger partial charge in [0.2, 0.25) is 0 Å². The number of para-hydroxylation sites is 1. The number of hydrogen-bond donors (Lipinski definition) is 1. The number of aromatic nitrogens is 2. The lowest BCUT2D eigenvalue weighted by atomic mass is 10.2. The van der Waals surface area contributed by atoms with Crippen molar-refractivity contribution in [2.45, 2.75) is 17.6 Å². The second kappa shape index (κ2) is 9.50. The fraction of sp³-hybridized carbons (Fsp3) is 0.167. The Bertz CT molecular complexity index is 1110. The molecule has 0 saturated heterocycles. The van der Waals surface area contributed by atoms with Crippen LogP contribution in [0, 0.1) is 6.92 Å². The zero-order chi connectivity index (χ0) is 20.8. The van der Waals surface area contributed by atoms with Gasteiger partial charge in [0.15, 0.2) is 0 Å². The molecule has 4 rings (SSSR count). The highest BCUT2D eigenvalue weighted by Crippen LogP contribution is 2.23. The van der Waals surface area contributed by atoms with Gasteiger partial charge in [0.05, 0.1) is 12.2 Å². The Kier molecular flexibility index (Phi) is 6.35. The smallest absolute Gasteiger partial charge is 0.251 e. The highest BCUT2D eigenvalue weighted by Gasteiger charge is 2.07. The number of rotatable bonds is 8. The zero-order valence-corrected chi connectivity index (χ0v) is 17.6. The van der Waals surface area contributed by atoms with Crippen molar-refractivity contribution in [3.63, 3.8) is 0 Å². The summed E-state index contributed by atoms with van der Waals surface area (Å²) in [6.07, 6.45) is 4.04. The molecule has 5 nitrogen and oxygen atoms in total. The van der Waals surface area contributed by atoms with Gasteiger partial charge in [-0.1, -0.05) is 24.3 Å². The van der Waals surface area contributed by atoms with Gasteiger partial charge in [0.25, 0.3) is 5.91 Å². The minimum atomic E-state index is -0.0970. The van der Waals surface area contributed by atoms with Gasteiger partial charge in [0, 0.05) is 28.6 Å². The summed E-state index contributed by atoms with van der Waals surface area (Å²) in [4.78, 5) is 18.0. The molecule has 0 spiro atoms. The van der Waals surface area contributed by atoms with Crippen molar-refractivity contribution in [1.82, 2.24) is 14.7 Å². The maximum atomic E-state index is 12.3. The number of hydrogen-bond acceptors (Lipinski definition) is 4. The lowest BCUT2D eigenvalue weighted by molar-refractivity contribution is 0.0947. The minimum Gasteiger partial charge on any atom is -0.491 e. The number of carbonyl (C=O) groups is 1. The van der Waals surface area contributed by atoms with E-state index in [2.05, 4.69) is 10.3 Å². The van der Waals surface area contributed by atoms with Gasteiger partial charge >= 0.3 is 0 Å². The number of carbonyl (C=O) groups excluding carboxylic acids is 1. The number of ether oxygens (including phenoxy) is 1. The minimum absolute atomic E-state index is 0.0970. The molecule has 0 bridgehead atoms. The van der Waals surface area contributed by atoms with E-state index in [0.717, 1.165) is 33.3 Å². The van der Waals surface area contributed by atoms with Gasteiger partial charge in [0.1, 0.15) is 18.0 Å². The molecule has 0 saturated carbocycles. The van der Waals surface area contributed by atoms with Crippen LogP contribution in [0.4, 0.5) is 0 Å². The largest absolute Gasteiger partial charge is 0.491 e. The van der Waals surface area contributed by atoms with Crippen molar-refractivity contribution in [3.05, 3.63) is 95.9 Å². The molecule has 6 heteroatoms. The second-order valence-corrected chi connectivity index (χ2v) is 7.93. The summed E-state index contributed by atoms with van der Waals surface area (Å²) >= 11 is 1.70. The third kappa shape index (κ3) is 5.02. The van der Waals surface area contributed by atoms with E-state index in [1.165, 1.54) is 0 Å². The van der Waals surface area contributed by atoms with E-state index >= 15 is 0 Å². The van der Waals surface area contributed by atoms with Crippen LogP contribution in [0.1, 0.15) is 21.6 Å². The molecule has 2 aromatic heterocycles. The molecule has 0 atom stereocenters. The SMILES string of the molecule is Cc1ccccc1OCCNC(=O)c1ccc(SCc2cn3ccccc3n2)cc1. The van der Waals surface area contributed by atoms with Gasteiger partial charge in [-0.3, -0.25) is 4.79 Å². The van der Waals surface area contributed by atoms with Crippen LogP contribution in [0.5, 0.6) is 5.75 Å². The number of thioether (sulfide) groups is 1. The standard InChI is InChI=1S/C24H23N3O2S/c1-18-6-2-3-7-22(18)29-15-13-25-24(28)19-9-11-21(12-10-19)30-17-20-16-27-14-5-4-8-23(27)26-20/h2-12,14,16H,13,15,17H2,1H3,(H,25,28). The summed E-state index contributed by atoms with van der Waals surface area (Å²) in [5.74, 6) is 1.53. The number of fused-ring (bicyclic) bond motifs is 1. The van der Waals surface area contributed by atoms with Crippen LogP contribution in [0.15, 0.2) is 84.0 Å². The molecule has 0 unspecified atom stereocenters. The van der Waals surface area contributed by atoms with E-state index in [0.29, 0.717) is 18.7 Å². The molecule has 1 N–H and O–H groups in total. The first-order valence-corrected chi connectivity index (χ1v) is 10.8. The van der Waals surface area contributed by atoms with Crippen molar-refractivity contribution in [1.29, 1.82) is 0 Å².